The summed E-state index contributed by atoms with van der Waals surface area (Å²) in [5, 5.41) is 2.78. The molecule has 0 saturated carbocycles. The van der Waals surface area contributed by atoms with Crippen LogP contribution >= 0.6 is 12.2 Å². The fraction of sp³-hybridized carbons (Fsp3) is 0.818. The van der Waals surface area contributed by atoms with Crippen LogP contribution in [-0.4, -0.2) is 46.4 Å². The zero-order chi connectivity index (χ0) is 13.6. The standard InChI is InChI=1S/C11H20N2O3S2/c1-2-18(15)8-5-13-10(14)11(9(12)17)3-6-16-7-4-11/h2-8H2,1H3,(H2,12,17)(H,13,14). The van der Waals surface area contributed by atoms with E-state index in [2.05, 4.69) is 5.32 Å². The van der Waals surface area contributed by atoms with Gasteiger partial charge in [0.05, 0.1) is 4.99 Å². The first-order valence-electron chi connectivity index (χ1n) is 6.04. The summed E-state index contributed by atoms with van der Waals surface area (Å²) < 4.78 is 16.5. The van der Waals surface area contributed by atoms with E-state index in [1.807, 2.05) is 6.92 Å². The van der Waals surface area contributed by atoms with Crippen molar-refractivity contribution in [1.29, 1.82) is 0 Å². The van der Waals surface area contributed by atoms with Crippen LogP contribution in [0.5, 0.6) is 0 Å². The molecule has 18 heavy (non-hydrogen) atoms. The molecule has 0 radical (unpaired) electrons. The highest BCUT2D eigenvalue weighted by Crippen LogP contribution is 2.31. The number of hydrogen-bond acceptors (Lipinski definition) is 4. The molecule has 1 fully saturated rings. The first-order valence-corrected chi connectivity index (χ1v) is 7.93. The van der Waals surface area contributed by atoms with E-state index in [-0.39, 0.29) is 10.9 Å². The summed E-state index contributed by atoms with van der Waals surface area (Å²) >= 11 is 5.03. The van der Waals surface area contributed by atoms with E-state index < -0.39 is 16.2 Å². The Morgan fingerprint density at radius 1 is 1.50 bits per heavy atom. The molecular formula is C11H20N2O3S2. The maximum atomic E-state index is 12.2. The van der Waals surface area contributed by atoms with E-state index in [1.54, 1.807) is 0 Å². The van der Waals surface area contributed by atoms with Crippen LogP contribution in [0.4, 0.5) is 0 Å². The third-order valence-electron chi connectivity index (χ3n) is 3.19. The van der Waals surface area contributed by atoms with E-state index in [1.165, 1.54) is 0 Å². The molecule has 104 valence electrons. The van der Waals surface area contributed by atoms with Gasteiger partial charge in [-0.15, -0.1) is 0 Å². The highest BCUT2D eigenvalue weighted by atomic mass is 32.2. The van der Waals surface area contributed by atoms with Crippen LogP contribution in [-0.2, 0) is 20.3 Å². The SMILES string of the molecule is CCS(=O)CCNC(=O)C1(C(N)=S)CCOCC1. The number of rotatable bonds is 6. The Balaban J connectivity index is 2.55. The molecule has 0 aromatic heterocycles. The molecule has 0 aromatic carbocycles. The monoisotopic (exact) mass is 292 g/mol. The molecule has 1 aliphatic heterocycles. The lowest BCUT2D eigenvalue weighted by atomic mass is 9.79. The minimum atomic E-state index is -0.876. The molecule has 0 aliphatic carbocycles. The number of carbonyl (C=O) groups is 1. The normalized spacial score (nSPS) is 20.1. The minimum absolute atomic E-state index is 0.161. The van der Waals surface area contributed by atoms with Crippen molar-refractivity contribution in [1.82, 2.24) is 5.32 Å². The molecule has 1 amide bonds. The zero-order valence-electron chi connectivity index (χ0n) is 10.6. The molecule has 0 bridgehead atoms. The van der Waals surface area contributed by atoms with Crippen molar-refractivity contribution in [3.63, 3.8) is 0 Å². The molecule has 1 atom stereocenters. The summed E-state index contributed by atoms with van der Waals surface area (Å²) in [7, 11) is -0.876. The second-order valence-corrected chi connectivity index (χ2v) is 6.55. The van der Waals surface area contributed by atoms with Gasteiger partial charge in [-0.05, 0) is 12.8 Å². The van der Waals surface area contributed by atoms with Gasteiger partial charge in [-0.3, -0.25) is 9.00 Å². The van der Waals surface area contributed by atoms with Gasteiger partial charge in [0, 0.05) is 42.1 Å². The highest BCUT2D eigenvalue weighted by molar-refractivity contribution is 7.84. The van der Waals surface area contributed by atoms with Gasteiger partial charge in [0.15, 0.2) is 0 Å². The largest absolute Gasteiger partial charge is 0.392 e. The summed E-state index contributed by atoms with van der Waals surface area (Å²) in [6, 6.07) is 0. The lowest BCUT2D eigenvalue weighted by Gasteiger charge is -2.34. The molecule has 1 rings (SSSR count). The summed E-state index contributed by atoms with van der Waals surface area (Å²) in [5.74, 6) is 0.905. The third kappa shape index (κ3) is 3.73. The molecule has 0 aromatic rings. The molecule has 1 saturated heterocycles. The fourth-order valence-corrected chi connectivity index (χ4v) is 2.81. The Bertz CT molecular complexity index is 341. The second-order valence-electron chi connectivity index (χ2n) is 4.25. The van der Waals surface area contributed by atoms with Crippen molar-refractivity contribution in [3.8, 4) is 0 Å². The lowest BCUT2D eigenvalue weighted by molar-refractivity contribution is -0.131. The van der Waals surface area contributed by atoms with Gasteiger partial charge in [-0.2, -0.15) is 0 Å². The number of hydrogen-bond donors (Lipinski definition) is 2. The first-order chi connectivity index (χ1) is 8.53. The number of amides is 1. The van der Waals surface area contributed by atoms with Crippen molar-refractivity contribution >= 4 is 33.9 Å². The molecule has 1 unspecified atom stereocenters. The molecular weight excluding hydrogens is 272 g/mol. The predicted octanol–water partition coefficient (Wildman–Crippen LogP) is -0.0459. The summed E-state index contributed by atoms with van der Waals surface area (Å²) in [6.07, 6.45) is 1.04. The van der Waals surface area contributed by atoms with Gasteiger partial charge in [0.1, 0.15) is 5.41 Å². The minimum Gasteiger partial charge on any atom is -0.392 e. The Kier molecular flexibility index (Phi) is 6.17. The fourth-order valence-electron chi connectivity index (χ4n) is 1.90. The van der Waals surface area contributed by atoms with E-state index in [0.717, 1.165) is 0 Å². The molecule has 7 heteroatoms. The van der Waals surface area contributed by atoms with Crippen molar-refractivity contribution in [2.24, 2.45) is 11.1 Å². The molecule has 1 aliphatic rings. The van der Waals surface area contributed by atoms with Crippen molar-refractivity contribution < 1.29 is 13.7 Å². The van der Waals surface area contributed by atoms with Gasteiger partial charge in [-0.25, -0.2) is 0 Å². The van der Waals surface area contributed by atoms with Crippen molar-refractivity contribution in [3.05, 3.63) is 0 Å². The van der Waals surface area contributed by atoms with Crippen molar-refractivity contribution in [2.75, 3.05) is 31.3 Å². The average molecular weight is 292 g/mol. The maximum absolute atomic E-state index is 12.2. The van der Waals surface area contributed by atoms with Gasteiger partial charge in [0.2, 0.25) is 5.91 Å². The van der Waals surface area contributed by atoms with Crippen LogP contribution < -0.4 is 11.1 Å². The summed E-state index contributed by atoms with van der Waals surface area (Å²) in [5.41, 5.74) is 4.93. The van der Waals surface area contributed by atoms with E-state index in [9.17, 15) is 9.00 Å². The average Bonchev–Trinajstić information content (AvgIpc) is 2.38. The van der Waals surface area contributed by atoms with Crippen LogP contribution in [0.15, 0.2) is 0 Å². The van der Waals surface area contributed by atoms with Crippen molar-refractivity contribution in [2.45, 2.75) is 19.8 Å². The van der Waals surface area contributed by atoms with E-state index >= 15 is 0 Å². The first kappa shape index (κ1) is 15.5. The quantitative estimate of drug-likeness (QED) is 0.671. The smallest absolute Gasteiger partial charge is 0.233 e. The number of nitrogens with one attached hydrogen (secondary N) is 1. The van der Waals surface area contributed by atoms with E-state index in [0.29, 0.717) is 44.1 Å². The molecule has 0 spiro atoms. The van der Waals surface area contributed by atoms with Gasteiger partial charge in [-0.1, -0.05) is 19.1 Å². The number of carbonyl (C=O) groups excluding carboxylic acids is 1. The van der Waals surface area contributed by atoms with Crippen LogP contribution in [0, 0.1) is 5.41 Å². The molecule has 3 N–H and O–H groups in total. The van der Waals surface area contributed by atoms with Crippen LogP contribution in [0.2, 0.25) is 0 Å². The van der Waals surface area contributed by atoms with Crippen LogP contribution in [0.1, 0.15) is 19.8 Å². The van der Waals surface area contributed by atoms with Gasteiger partial charge in [0.25, 0.3) is 0 Å². The van der Waals surface area contributed by atoms with Crippen LogP contribution in [0.3, 0.4) is 0 Å². The van der Waals surface area contributed by atoms with Gasteiger partial charge >= 0.3 is 0 Å². The Morgan fingerprint density at radius 3 is 2.61 bits per heavy atom. The topological polar surface area (TPSA) is 81.4 Å². The van der Waals surface area contributed by atoms with Crippen LogP contribution in [0.25, 0.3) is 0 Å². The molecule has 5 nitrogen and oxygen atoms in total. The zero-order valence-corrected chi connectivity index (χ0v) is 12.2. The highest BCUT2D eigenvalue weighted by Gasteiger charge is 2.42. The maximum Gasteiger partial charge on any atom is 0.233 e. The van der Waals surface area contributed by atoms with E-state index in [4.69, 9.17) is 22.7 Å². The number of ether oxygens (including phenoxy) is 1. The summed E-state index contributed by atoms with van der Waals surface area (Å²) in [6.45, 7) is 3.23. The predicted molar refractivity (Wildman–Crippen MR) is 75.8 cm³/mol. The third-order valence-corrected chi connectivity index (χ3v) is 4.88. The lowest BCUT2D eigenvalue weighted by Crippen LogP contribution is -2.52. The number of thiocarbonyl (C=S) groups is 1. The second kappa shape index (κ2) is 7.16. The molecule has 1 heterocycles. The summed E-state index contributed by atoms with van der Waals surface area (Å²) in [4.78, 5) is 12.4. The van der Waals surface area contributed by atoms with Gasteiger partial charge < -0.3 is 15.8 Å². The Hall–Kier alpha value is -0.530. The Morgan fingerprint density at radius 2 is 2.11 bits per heavy atom. The number of nitrogens with two attached hydrogens (primary N) is 1. The Labute approximate surface area is 115 Å².